The van der Waals surface area contributed by atoms with Gasteiger partial charge in [-0.15, -0.1) is 11.3 Å². The van der Waals surface area contributed by atoms with Gasteiger partial charge in [-0.3, -0.25) is 0 Å². The van der Waals surface area contributed by atoms with Gasteiger partial charge in [-0.1, -0.05) is 33.6 Å². The third kappa shape index (κ3) is 2.99. The second-order valence-corrected chi connectivity index (χ2v) is 7.39. The fourth-order valence-corrected chi connectivity index (χ4v) is 4.78. The smallest absolute Gasteiger partial charge is 0.0691 e. The molecule has 0 spiro atoms. The van der Waals surface area contributed by atoms with Gasteiger partial charge in [-0.2, -0.15) is 0 Å². The number of aryl methyl sites for hydroxylation is 1. The average Bonchev–Trinajstić information content (AvgIpc) is 2.62. The highest BCUT2D eigenvalue weighted by Crippen LogP contribution is 2.38. The lowest BCUT2D eigenvalue weighted by molar-refractivity contribution is 0.698. The number of rotatable bonds is 3. The van der Waals surface area contributed by atoms with Crippen LogP contribution in [-0.4, -0.2) is 7.05 Å². The molecule has 5 heteroatoms. The van der Waals surface area contributed by atoms with E-state index in [0.717, 1.165) is 14.0 Å². The third-order valence-electron chi connectivity index (χ3n) is 2.66. The van der Waals surface area contributed by atoms with E-state index in [0.29, 0.717) is 0 Å². The van der Waals surface area contributed by atoms with Crippen molar-refractivity contribution in [2.24, 2.45) is 0 Å². The van der Waals surface area contributed by atoms with Gasteiger partial charge in [-0.05, 0) is 53.7 Å². The van der Waals surface area contributed by atoms with Crippen LogP contribution in [0.2, 0.25) is 5.02 Å². The molecule has 1 heterocycles. The van der Waals surface area contributed by atoms with E-state index in [1.807, 2.05) is 19.2 Å². The number of halogens is 3. The van der Waals surface area contributed by atoms with E-state index in [1.165, 1.54) is 15.3 Å². The van der Waals surface area contributed by atoms with Gasteiger partial charge in [0.2, 0.25) is 0 Å². The van der Waals surface area contributed by atoms with Crippen LogP contribution in [-0.2, 0) is 0 Å². The summed E-state index contributed by atoms with van der Waals surface area (Å²) < 4.78 is 2.17. The number of nitrogens with one attached hydrogen (secondary N) is 1. The first-order valence-corrected chi connectivity index (χ1v) is 8.19. The van der Waals surface area contributed by atoms with Gasteiger partial charge in [0.25, 0.3) is 0 Å². The van der Waals surface area contributed by atoms with Gasteiger partial charge in [0.1, 0.15) is 0 Å². The molecule has 1 aromatic heterocycles. The Labute approximate surface area is 133 Å². The summed E-state index contributed by atoms with van der Waals surface area (Å²) in [5.41, 5.74) is 1.18. The predicted molar refractivity (Wildman–Crippen MR) is 86.8 cm³/mol. The normalized spacial score (nSPS) is 12.7. The summed E-state index contributed by atoms with van der Waals surface area (Å²) in [6, 6.07) is 8.20. The molecule has 96 valence electrons. The second-order valence-electron chi connectivity index (χ2n) is 3.96. The summed E-state index contributed by atoms with van der Waals surface area (Å²) in [5.74, 6) is 0. The minimum Gasteiger partial charge on any atom is -0.309 e. The molecule has 0 saturated carbocycles. The van der Waals surface area contributed by atoms with E-state index in [9.17, 15) is 0 Å². The second kappa shape index (κ2) is 6.06. The molecule has 0 saturated heterocycles. The lowest BCUT2D eigenvalue weighted by Crippen LogP contribution is -2.17. The molecule has 1 unspecified atom stereocenters. The van der Waals surface area contributed by atoms with Gasteiger partial charge in [0, 0.05) is 23.7 Å². The van der Waals surface area contributed by atoms with Gasteiger partial charge in [-0.25, -0.2) is 0 Å². The van der Waals surface area contributed by atoms with Crippen molar-refractivity contribution in [1.29, 1.82) is 0 Å². The minimum atomic E-state index is 0.157. The van der Waals surface area contributed by atoms with Crippen LogP contribution in [0.25, 0.3) is 0 Å². The fraction of sp³-hybridized carbons (Fsp3) is 0.231. The van der Waals surface area contributed by atoms with Crippen LogP contribution in [0, 0.1) is 6.92 Å². The zero-order chi connectivity index (χ0) is 13.3. The van der Waals surface area contributed by atoms with Crippen molar-refractivity contribution < 1.29 is 0 Å². The van der Waals surface area contributed by atoms with Crippen LogP contribution >= 0.6 is 54.8 Å². The Hall–Kier alpha value is 0.130. The van der Waals surface area contributed by atoms with Crippen LogP contribution in [0.3, 0.4) is 0 Å². The molecule has 0 aliphatic heterocycles. The average molecular weight is 410 g/mol. The molecule has 18 heavy (non-hydrogen) atoms. The number of thiophene rings is 1. The minimum absolute atomic E-state index is 0.157. The molecule has 0 radical (unpaired) electrons. The lowest BCUT2D eigenvalue weighted by atomic mass is 10.1. The molecule has 0 aliphatic carbocycles. The standard InChI is InChI=1S/C13H12Br2ClNS/c1-7-5-11(15)13(18-7)12(17-2)9-4-3-8(16)6-10(9)14/h3-6,12,17H,1-2H3. The highest BCUT2D eigenvalue weighted by Gasteiger charge is 2.19. The monoisotopic (exact) mass is 407 g/mol. The van der Waals surface area contributed by atoms with Crippen molar-refractivity contribution >= 4 is 54.8 Å². The number of hydrogen-bond donors (Lipinski definition) is 1. The summed E-state index contributed by atoms with van der Waals surface area (Å²) in [6.45, 7) is 2.11. The van der Waals surface area contributed by atoms with E-state index in [1.54, 1.807) is 11.3 Å². The summed E-state index contributed by atoms with van der Waals surface area (Å²) in [6.07, 6.45) is 0. The molecule has 1 atom stereocenters. The molecule has 0 fully saturated rings. The first-order chi connectivity index (χ1) is 8.52. The van der Waals surface area contributed by atoms with E-state index in [4.69, 9.17) is 11.6 Å². The summed E-state index contributed by atoms with van der Waals surface area (Å²) in [4.78, 5) is 2.57. The molecule has 0 amide bonds. The van der Waals surface area contributed by atoms with E-state index in [2.05, 4.69) is 56.2 Å². The van der Waals surface area contributed by atoms with Crippen LogP contribution in [0.1, 0.15) is 21.4 Å². The van der Waals surface area contributed by atoms with Crippen molar-refractivity contribution in [3.05, 3.63) is 53.6 Å². The third-order valence-corrected chi connectivity index (χ3v) is 5.62. The van der Waals surface area contributed by atoms with Gasteiger partial charge < -0.3 is 5.32 Å². The maximum atomic E-state index is 5.99. The Balaban J connectivity index is 2.48. The quantitative estimate of drug-likeness (QED) is 0.701. The Kier molecular flexibility index (Phi) is 4.89. The van der Waals surface area contributed by atoms with Crippen LogP contribution in [0.4, 0.5) is 0 Å². The number of hydrogen-bond acceptors (Lipinski definition) is 2. The number of benzene rings is 1. The predicted octanol–water partition coefficient (Wildman–Crippen LogP) is 5.54. The Morgan fingerprint density at radius 2 is 1.94 bits per heavy atom. The summed E-state index contributed by atoms with van der Waals surface area (Å²) in [7, 11) is 1.97. The maximum absolute atomic E-state index is 5.99. The SMILES string of the molecule is CNC(c1ccc(Cl)cc1Br)c1sc(C)cc1Br. The molecule has 0 aliphatic rings. The van der Waals surface area contributed by atoms with E-state index in [-0.39, 0.29) is 6.04 Å². The molecular formula is C13H12Br2ClNS. The topological polar surface area (TPSA) is 12.0 Å². The highest BCUT2D eigenvalue weighted by atomic mass is 79.9. The molecule has 2 aromatic rings. The lowest BCUT2D eigenvalue weighted by Gasteiger charge is -2.17. The Morgan fingerprint density at radius 3 is 2.44 bits per heavy atom. The largest absolute Gasteiger partial charge is 0.309 e. The van der Waals surface area contributed by atoms with Crippen molar-refractivity contribution in [2.75, 3.05) is 7.05 Å². The van der Waals surface area contributed by atoms with Gasteiger partial charge >= 0.3 is 0 Å². The highest BCUT2D eigenvalue weighted by molar-refractivity contribution is 9.10. The zero-order valence-corrected chi connectivity index (χ0v) is 14.7. The molecule has 2 rings (SSSR count). The van der Waals surface area contributed by atoms with Crippen LogP contribution in [0.15, 0.2) is 33.2 Å². The van der Waals surface area contributed by atoms with Crippen molar-refractivity contribution in [3.8, 4) is 0 Å². The molecule has 1 nitrogen and oxygen atoms in total. The van der Waals surface area contributed by atoms with E-state index < -0.39 is 0 Å². The zero-order valence-electron chi connectivity index (χ0n) is 9.93. The fourth-order valence-electron chi connectivity index (χ4n) is 1.86. The van der Waals surface area contributed by atoms with Crippen molar-refractivity contribution in [3.63, 3.8) is 0 Å². The molecule has 1 N–H and O–H groups in total. The molecule has 0 bridgehead atoms. The van der Waals surface area contributed by atoms with Crippen molar-refractivity contribution in [2.45, 2.75) is 13.0 Å². The van der Waals surface area contributed by atoms with E-state index >= 15 is 0 Å². The Bertz CT molecular complexity index is 568. The summed E-state index contributed by atoms with van der Waals surface area (Å²) in [5, 5.41) is 4.09. The molecular weight excluding hydrogens is 397 g/mol. The van der Waals surface area contributed by atoms with Gasteiger partial charge in [0.15, 0.2) is 0 Å². The summed E-state index contributed by atoms with van der Waals surface area (Å²) >= 11 is 15.0. The van der Waals surface area contributed by atoms with Crippen LogP contribution < -0.4 is 5.32 Å². The van der Waals surface area contributed by atoms with Gasteiger partial charge in [0.05, 0.1) is 6.04 Å². The Morgan fingerprint density at radius 1 is 1.22 bits per heavy atom. The molecule has 1 aromatic carbocycles. The van der Waals surface area contributed by atoms with Crippen LogP contribution in [0.5, 0.6) is 0 Å². The first kappa shape index (κ1) is 14.5. The van der Waals surface area contributed by atoms with Crippen molar-refractivity contribution in [1.82, 2.24) is 5.32 Å². The maximum Gasteiger partial charge on any atom is 0.0691 e. The first-order valence-electron chi connectivity index (χ1n) is 5.41.